The van der Waals surface area contributed by atoms with Gasteiger partial charge in [-0.1, -0.05) is 27.4 Å². The van der Waals surface area contributed by atoms with E-state index in [2.05, 4.69) is 11.6 Å². The Kier molecular flexibility index (Phi) is 7.67. The largest absolute Gasteiger partial charge is 0.489 e. The first-order valence-corrected chi connectivity index (χ1v) is 13.1. The van der Waals surface area contributed by atoms with Gasteiger partial charge >= 0.3 is 0 Å². The summed E-state index contributed by atoms with van der Waals surface area (Å²) < 4.78 is 35.2. The van der Waals surface area contributed by atoms with E-state index in [4.69, 9.17) is 9.47 Å². The first-order chi connectivity index (χ1) is 16.0. The normalized spacial score (nSPS) is 12.4. The Bertz CT molecular complexity index is 1290. The van der Waals surface area contributed by atoms with Crippen LogP contribution in [0.2, 0.25) is 0 Å². The van der Waals surface area contributed by atoms with Crippen LogP contribution in [0.25, 0.3) is 17.0 Å². The fourth-order valence-corrected chi connectivity index (χ4v) is 3.93. The molecule has 0 aliphatic rings. The Balaban J connectivity index is 1.95. The molecule has 0 saturated carbocycles. The fourth-order valence-electron chi connectivity index (χ4n) is 3.30. The Hall–Kier alpha value is -3.32. The van der Waals surface area contributed by atoms with Gasteiger partial charge in [0.1, 0.15) is 17.3 Å². The van der Waals surface area contributed by atoms with Gasteiger partial charge in [-0.25, -0.2) is 8.42 Å². The van der Waals surface area contributed by atoms with Gasteiger partial charge in [0.05, 0.1) is 16.7 Å². The third kappa shape index (κ3) is 6.17. The van der Waals surface area contributed by atoms with Crippen molar-refractivity contribution in [1.82, 2.24) is 4.98 Å². The molecule has 7 heteroatoms. The molecule has 1 N–H and O–H groups in total. The van der Waals surface area contributed by atoms with Crippen LogP contribution < -0.4 is 4.74 Å². The number of aromatic amines is 1. The van der Waals surface area contributed by atoms with Crippen molar-refractivity contribution >= 4 is 21.4 Å². The first kappa shape index (κ1) is 25.3. The summed E-state index contributed by atoms with van der Waals surface area (Å²) in [5, 5.41) is 0. The molecule has 6 nitrogen and oxygen atoms in total. The third-order valence-corrected chi connectivity index (χ3v) is 6.55. The van der Waals surface area contributed by atoms with Crippen LogP contribution in [-0.4, -0.2) is 31.5 Å². The minimum absolute atomic E-state index is 0.00424. The number of aromatic nitrogens is 1. The molecule has 1 heterocycles. The van der Waals surface area contributed by atoms with Gasteiger partial charge in [0.2, 0.25) is 0 Å². The molecule has 0 aliphatic carbocycles. The van der Waals surface area contributed by atoms with Gasteiger partial charge in [-0.15, -0.1) is 0 Å². The van der Waals surface area contributed by atoms with Gasteiger partial charge < -0.3 is 14.5 Å². The number of H-pyrrole nitrogens is 1. The molecule has 180 valence electrons. The van der Waals surface area contributed by atoms with Crippen LogP contribution >= 0.6 is 0 Å². The number of benzene rings is 2. The number of hydrogen-bond acceptors (Lipinski definition) is 5. The number of nitrogens with one attached hydrogen (secondary N) is 1. The summed E-state index contributed by atoms with van der Waals surface area (Å²) in [6.07, 6.45) is 2.08. The van der Waals surface area contributed by atoms with E-state index in [0.29, 0.717) is 22.8 Å². The number of carbonyl (C=O) groups excluding carboxylic acids is 1. The summed E-state index contributed by atoms with van der Waals surface area (Å²) in [4.78, 5) is 16.3. The maximum absolute atomic E-state index is 12.8. The lowest BCUT2D eigenvalue weighted by atomic mass is 9.98. The van der Waals surface area contributed by atoms with E-state index in [1.165, 1.54) is 12.1 Å². The zero-order valence-corrected chi connectivity index (χ0v) is 21.0. The summed E-state index contributed by atoms with van der Waals surface area (Å²) in [7, 11) is -3.30. The number of rotatable bonds is 10. The molecule has 1 unspecified atom stereocenters. The molecule has 0 fully saturated rings. The van der Waals surface area contributed by atoms with Crippen LogP contribution in [0.5, 0.6) is 11.5 Å². The van der Waals surface area contributed by atoms with Crippen LogP contribution in [0.15, 0.2) is 66.1 Å². The van der Waals surface area contributed by atoms with Gasteiger partial charge in [-0.2, -0.15) is 0 Å². The second-order valence-corrected chi connectivity index (χ2v) is 10.7. The van der Waals surface area contributed by atoms with Gasteiger partial charge in [0.25, 0.3) is 0 Å². The van der Waals surface area contributed by atoms with Crippen molar-refractivity contribution in [3.63, 3.8) is 0 Å². The first-order valence-electron chi connectivity index (χ1n) is 11.2. The molecule has 2 aromatic carbocycles. The predicted molar refractivity (Wildman–Crippen MR) is 135 cm³/mol. The molecule has 0 saturated heterocycles. The van der Waals surface area contributed by atoms with Crippen LogP contribution in [0.4, 0.5) is 0 Å². The summed E-state index contributed by atoms with van der Waals surface area (Å²) >= 11 is 0. The topological polar surface area (TPSA) is 85.5 Å². The zero-order chi connectivity index (χ0) is 25.0. The smallest absolute Gasteiger partial charge is 0.175 e. The molecule has 1 atom stereocenters. The van der Waals surface area contributed by atoms with Crippen molar-refractivity contribution in [1.29, 1.82) is 0 Å². The second kappa shape index (κ2) is 10.3. The number of carbonyl (C=O) groups is 1. The number of ether oxygens (including phenoxy) is 2. The third-order valence-electron chi connectivity index (χ3n) is 5.42. The Morgan fingerprint density at radius 3 is 2.26 bits per heavy atom. The van der Waals surface area contributed by atoms with Crippen molar-refractivity contribution in [2.75, 3.05) is 6.26 Å². The van der Waals surface area contributed by atoms with Crippen LogP contribution in [0, 0.1) is 5.92 Å². The molecule has 0 aliphatic heterocycles. The Morgan fingerprint density at radius 1 is 1.00 bits per heavy atom. The highest BCUT2D eigenvalue weighted by atomic mass is 32.2. The van der Waals surface area contributed by atoms with E-state index in [9.17, 15) is 13.2 Å². The molecule has 0 radical (unpaired) electrons. The van der Waals surface area contributed by atoms with Gasteiger partial charge in [0, 0.05) is 29.0 Å². The molecular weight excluding hydrogens is 450 g/mol. The average molecular weight is 482 g/mol. The van der Waals surface area contributed by atoms with E-state index >= 15 is 0 Å². The highest BCUT2D eigenvalue weighted by Crippen LogP contribution is 2.31. The minimum atomic E-state index is -3.30. The molecule has 0 amide bonds. The average Bonchev–Trinajstić information content (AvgIpc) is 3.28. The summed E-state index contributed by atoms with van der Waals surface area (Å²) in [5.41, 5.74) is 2.85. The van der Waals surface area contributed by atoms with E-state index in [-0.39, 0.29) is 22.7 Å². The summed E-state index contributed by atoms with van der Waals surface area (Å²) in [5.74, 6) is 1.31. The minimum Gasteiger partial charge on any atom is -0.489 e. The van der Waals surface area contributed by atoms with E-state index < -0.39 is 9.84 Å². The SMILES string of the molecule is C=C(OC(C)CC)c1ccc(-c2cc(Oc3ccc(S(C)(=O)=O)cc3)cc(C(=O)C(C)C)c2)[nH]1. The molecule has 0 spiro atoms. The number of hydrogen-bond donors (Lipinski definition) is 1. The Morgan fingerprint density at radius 2 is 1.68 bits per heavy atom. The summed E-state index contributed by atoms with van der Waals surface area (Å²) in [6, 6.07) is 15.3. The highest BCUT2D eigenvalue weighted by molar-refractivity contribution is 7.90. The molecule has 1 aromatic heterocycles. The predicted octanol–water partition coefficient (Wildman–Crippen LogP) is 6.50. The van der Waals surface area contributed by atoms with E-state index in [1.54, 1.807) is 18.2 Å². The zero-order valence-electron chi connectivity index (χ0n) is 20.2. The maximum Gasteiger partial charge on any atom is 0.175 e. The number of Topliss-reactive ketones (excluding diaryl/α,β-unsaturated/α-hetero) is 1. The van der Waals surface area contributed by atoms with Crippen LogP contribution in [0.3, 0.4) is 0 Å². The van der Waals surface area contributed by atoms with Crippen molar-refractivity contribution in [3.05, 3.63) is 72.4 Å². The fraction of sp³-hybridized carbons (Fsp3) is 0.296. The van der Waals surface area contributed by atoms with Crippen LogP contribution in [-0.2, 0) is 14.6 Å². The lowest BCUT2D eigenvalue weighted by Crippen LogP contribution is -2.07. The number of ketones is 1. The maximum atomic E-state index is 12.8. The lowest BCUT2D eigenvalue weighted by molar-refractivity contribution is 0.0939. The van der Waals surface area contributed by atoms with Gasteiger partial charge in [-0.3, -0.25) is 4.79 Å². The highest BCUT2D eigenvalue weighted by Gasteiger charge is 2.16. The van der Waals surface area contributed by atoms with E-state index in [0.717, 1.165) is 29.6 Å². The van der Waals surface area contributed by atoms with Crippen molar-refractivity contribution < 1.29 is 22.7 Å². The molecule has 3 aromatic rings. The van der Waals surface area contributed by atoms with Crippen molar-refractivity contribution in [2.24, 2.45) is 5.92 Å². The second-order valence-electron chi connectivity index (χ2n) is 8.66. The molecule has 0 bridgehead atoms. The van der Waals surface area contributed by atoms with Gasteiger partial charge in [0.15, 0.2) is 15.6 Å². The number of sulfone groups is 1. The molecule has 3 rings (SSSR count). The summed E-state index contributed by atoms with van der Waals surface area (Å²) in [6.45, 7) is 11.7. The van der Waals surface area contributed by atoms with E-state index in [1.807, 2.05) is 52.0 Å². The molecular formula is C27H31NO5S. The molecule has 34 heavy (non-hydrogen) atoms. The van der Waals surface area contributed by atoms with Gasteiger partial charge in [-0.05, 0) is 67.9 Å². The van der Waals surface area contributed by atoms with Crippen molar-refractivity contribution in [2.45, 2.75) is 45.1 Å². The monoisotopic (exact) mass is 481 g/mol. The standard InChI is InChI=1S/C27H31NO5S/c1-7-18(4)32-19(5)25-12-13-26(28-25)20-14-21(27(29)17(2)3)16-23(15-20)33-22-8-10-24(11-9-22)34(6,30)31/h8-18,28H,5,7H2,1-4,6H3. The lowest BCUT2D eigenvalue weighted by Gasteiger charge is -2.14. The quantitative estimate of drug-likeness (QED) is 0.264. The Labute approximate surface area is 201 Å². The van der Waals surface area contributed by atoms with Crippen molar-refractivity contribution in [3.8, 4) is 22.8 Å². The van der Waals surface area contributed by atoms with Crippen LogP contribution in [0.1, 0.15) is 50.2 Å².